The Morgan fingerprint density at radius 2 is 1.65 bits per heavy atom. The number of alkyl carbamates (subject to hydrolysis) is 1. The van der Waals surface area contributed by atoms with Crippen molar-refractivity contribution >= 4 is 12.1 Å². The van der Waals surface area contributed by atoms with Gasteiger partial charge < -0.3 is 24.3 Å². The van der Waals surface area contributed by atoms with Crippen LogP contribution in [0.1, 0.15) is 5.56 Å². The molecule has 0 aliphatic heterocycles. The predicted octanol–water partition coefficient (Wildman–Crippen LogP) is 1.36. The smallest absolute Gasteiger partial charge is 0.408 e. The summed E-state index contributed by atoms with van der Waals surface area (Å²) in [5.41, 5.74) is 0.850. The summed E-state index contributed by atoms with van der Waals surface area (Å²) in [4.78, 5) is 23.8. The van der Waals surface area contributed by atoms with E-state index in [4.69, 9.17) is 18.9 Å². The van der Waals surface area contributed by atoms with Gasteiger partial charge in [-0.25, -0.2) is 9.59 Å². The Bertz CT molecular complexity index is 473. The highest BCUT2D eigenvalue weighted by Gasteiger charge is 2.31. The van der Waals surface area contributed by atoms with Gasteiger partial charge in [0.2, 0.25) is 0 Å². The highest BCUT2D eigenvalue weighted by atomic mass is 16.6. The molecule has 0 fully saturated rings. The fourth-order valence-electron chi connectivity index (χ4n) is 2.06. The molecule has 7 nitrogen and oxygen atoms in total. The van der Waals surface area contributed by atoms with Gasteiger partial charge in [-0.05, 0) is 5.56 Å². The lowest BCUT2D eigenvalue weighted by atomic mass is 10.0. The zero-order valence-electron chi connectivity index (χ0n) is 13.6. The number of esters is 1. The van der Waals surface area contributed by atoms with Crippen LogP contribution in [0.5, 0.6) is 0 Å². The maximum atomic E-state index is 11.9. The van der Waals surface area contributed by atoms with Crippen molar-refractivity contribution in [3.05, 3.63) is 35.9 Å². The van der Waals surface area contributed by atoms with Gasteiger partial charge in [0.25, 0.3) is 0 Å². The standard InChI is InChI=1S/C16H23NO6/c1-20-10-13(11-21-2)14(15(18)22-3)17-16(19)23-9-12-7-5-4-6-8-12/h4-8,13-14H,9-11H2,1-3H3,(H,17,19). The van der Waals surface area contributed by atoms with Gasteiger partial charge in [0.1, 0.15) is 12.6 Å². The van der Waals surface area contributed by atoms with E-state index in [1.165, 1.54) is 21.3 Å². The van der Waals surface area contributed by atoms with Crippen molar-refractivity contribution in [1.82, 2.24) is 5.32 Å². The van der Waals surface area contributed by atoms with Crippen molar-refractivity contribution in [2.24, 2.45) is 5.92 Å². The second kappa shape index (κ2) is 10.6. The van der Waals surface area contributed by atoms with Crippen LogP contribution in [0.2, 0.25) is 0 Å². The Balaban J connectivity index is 2.64. The van der Waals surface area contributed by atoms with Gasteiger partial charge in [-0.2, -0.15) is 0 Å². The summed E-state index contributed by atoms with van der Waals surface area (Å²) in [6.45, 7) is 0.568. The van der Waals surface area contributed by atoms with Crippen molar-refractivity contribution in [3.8, 4) is 0 Å². The number of hydrogen-bond acceptors (Lipinski definition) is 6. The zero-order chi connectivity index (χ0) is 17.1. The summed E-state index contributed by atoms with van der Waals surface area (Å²) < 4.78 is 20.0. The topological polar surface area (TPSA) is 83.1 Å². The number of methoxy groups -OCH3 is 3. The van der Waals surface area contributed by atoms with E-state index in [1.54, 1.807) is 0 Å². The molecule has 0 aliphatic carbocycles. The molecule has 1 unspecified atom stereocenters. The number of nitrogens with one attached hydrogen (secondary N) is 1. The van der Waals surface area contributed by atoms with E-state index >= 15 is 0 Å². The fraction of sp³-hybridized carbons (Fsp3) is 0.500. The SMILES string of the molecule is COCC(COC)C(NC(=O)OCc1ccccc1)C(=O)OC. The monoisotopic (exact) mass is 325 g/mol. The van der Waals surface area contributed by atoms with E-state index in [2.05, 4.69) is 5.32 Å². The molecule has 1 aromatic carbocycles. The molecule has 128 valence electrons. The third-order valence-electron chi connectivity index (χ3n) is 3.17. The number of hydrogen-bond donors (Lipinski definition) is 1. The van der Waals surface area contributed by atoms with Gasteiger partial charge in [0.15, 0.2) is 0 Å². The zero-order valence-corrected chi connectivity index (χ0v) is 13.6. The van der Waals surface area contributed by atoms with Crippen molar-refractivity contribution in [1.29, 1.82) is 0 Å². The Morgan fingerprint density at radius 1 is 1.04 bits per heavy atom. The van der Waals surface area contributed by atoms with Crippen LogP contribution in [-0.2, 0) is 30.3 Å². The fourth-order valence-corrected chi connectivity index (χ4v) is 2.06. The lowest BCUT2D eigenvalue weighted by Crippen LogP contribution is -2.49. The molecular formula is C16H23NO6. The molecule has 1 amide bonds. The van der Waals surface area contributed by atoms with Crippen LogP contribution in [0.3, 0.4) is 0 Å². The molecular weight excluding hydrogens is 302 g/mol. The van der Waals surface area contributed by atoms with E-state index in [1.807, 2.05) is 30.3 Å². The second-order valence-electron chi connectivity index (χ2n) is 4.88. The highest BCUT2D eigenvalue weighted by molar-refractivity contribution is 5.81. The van der Waals surface area contributed by atoms with Gasteiger partial charge in [0.05, 0.1) is 20.3 Å². The van der Waals surface area contributed by atoms with Gasteiger partial charge >= 0.3 is 12.1 Å². The highest BCUT2D eigenvalue weighted by Crippen LogP contribution is 2.09. The summed E-state index contributed by atoms with van der Waals surface area (Å²) in [5.74, 6) is -0.970. The molecule has 0 saturated carbocycles. The van der Waals surface area contributed by atoms with Crippen molar-refractivity contribution in [2.75, 3.05) is 34.5 Å². The van der Waals surface area contributed by atoms with Gasteiger partial charge in [-0.15, -0.1) is 0 Å². The van der Waals surface area contributed by atoms with E-state index < -0.39 is 18.1 Å². The molecule has 1 N–H and O–H groups in total. The van der Waals surface area contributed by atoms with Crippen molar-refractivity contribution in [3.63, 3.8) is 0 Å². The minimum atomic E-state index is -0.914. The first-order valence-electron chi connectivity index (χ1n) is 7.15. The van der Waals surface area contributed by atoms with E-state index in [-0.39, 0.29) is 25.7 Å². The Labute approximate surface area is 135 Å². The molecule has 0 bridgehead atoms. The summed E-state index contributed by atoms with van der Waals surface area (Å²) in [5, 5.41) is 2.51. The summed E-state index contributed by atoms with van der Waals surface area (Å²) >= 11 is 0. The number of rotatable bonds is 9. The number of ether oxygens (including phenoxy) is 4. The minimum Gasteiger partial charge on any atom is -0.467 e. The van der Waals surface area contributed by atoms with Crippen molar-refractivity contribution < 1.29 is 28.5 Å². The summed E-state index contributed by atoms with van der Waals surface area (Å²) in [7, 11) is 4.26. The Hall–Kier alpha value is -2.12. The Kier molecular flexibility index (Phi) is 8.71. The van der Waals surface area contributed by atoms with Crippen LogP contribution in [0.15, 0.2) is 30.3 Å². The van der Waals surface area contributed by atoms with Crippen LogP contribution in [-0.4, -0.2) is 52.6 Å². The molecule has 0 aromatic heterocycles. The average molecular weight is 325 g/mol. The average Bonchev–Trinajstić information content (AvgIpc) is 2.58. The second-order valence-corrected chi connectivity index (χ2v) is 4.88. The molecule has 1 atom stereocenters. The molecule has 0 aliphatic rings. The molecule has 0 saturated heterocycles. The first kappa shape index (κ1) is 18.9. The molecule has 7 heteroatoms. The molecule has 0 spiro atoms. The van der Waals surface area contributed by atoms with Crippen LogP contribution < -0.4 is 5.32 Å². The van der Waals surface area contributed by atoms with Crippen molar-refractivity contribution in [2.45, 2.75) is 12.6 Å². The third-order valence-corrected chi connectivity index (χ3v) is 3.17. The van der Waals surface area contributed by atoms with Crippen LogP contribution in [0.4, 0.5) is 4.79 Å². The van der Waals surface area contributed by atoms with Crippen LogP contribution >= 0.6 is 0 Å². The van der Waals surface area contributed by atoms with E-state index in [0.29, 0.717) is 0 Å². The molecule has 0 heterocycles. The minimum absolute atomic E-state index is 0.111. The molecule has 23 heavy (non-hydrogen) atoms. The van der Waals surface area contributed by atoms with E-state index in [9.17, 15) is 9.59 Å². The maximum absolute atomic E-state index is 11.9. The first-order chi connectivity index (χ1) is 11.1. The quantitative estimate of drug-likeness (QED) is 0.690. The first-order valence-corrected chi connectivity index (χ1v) is 7.15. The number of carbonyl (C=O) groups is 2. The largest absolute Gasteiger partial charge is 0.467 e. The number of benzene rings is 1. The molecule has 1 aromatic rings. The maximum Gasteiger partial charge on any atom is 0.408 e. The lowest BCUT2D eigenvalue weighted by molar-refractivity contribution is -0.145. The van der Waals surface area contributed by atoms with Crippen LogP contribution in [0.25, 0.3) is 0 Å². The van der Waals surface area contributed by atoms with Crippen LogP contribution in [0, 0.1) is 5.92 Å². The number of amides is 1. The normalized spacial score (nSPS) is 11.8. The van der Waals surface area contributed by atoms with E-state index in [0.717, 1.165) is 5.56 Å². The molecule has 0 radical (unpaired) electrons. The third kappa shape index (κ3) is 6.66. The summed E-state index contributed by atoms with van der Waals surface area (Å²) in [6.07, 6.45) is -0.707. The lowest BCUT2D eigenvalue weighted by Gasteiger charge is -2.24. The predicted molar refractivity (Wildman–Crippen MR) is 82.8 cm³/mol. The number of carbonyl (C=O) groups excluding carboxylic acids is 2. The van der Waals surface area contributed by atoms with Gasteiger partial charge in [-0.3, -0.25) is 0 Å². The Morgan fingerprint density at radius 3 is 2.17 bits per heavy atom. The summed E-state index contributed by atoms with van der Waals surface area (Å²) in [6, 6.07) is 8.33. The van der Waals surface area contributed by atoms with Gasteiger partial charge in [-0.1, -0.05) is 30.3 Å². The van der Waals surface area contributed by atoms with Gasteiger partial charge in [0, 0.05) is 20.1 Å². The molecule has 1 rings (SSSR count).